The van der Waals surface area contributed by atoms with Gasteiger partial charge in [-0.1, -0.05) is 20.3 Å². The van der Waals surface area contributed by atoms with E-state index in [1.807, 2.05) is 0 Å². The maximum Gasteiger partial charge on any atom is 0.204 e. The molecule has 2 aliphatic rings. The largest absolute Gasteiger partial charge is 0.350 e. The zero-order chi connectivity index (χ0) is 12.5. The number of rotatable bonds is 4. The van der Waals surface area contributed by atoms with Crippen LogP contribution in [0.1, 0.15) is 39.5 Å². The van der Waals surface area contributed by atoms with Crippen LogP contribution in [0.25, 0.3) is 0 Å². The predicted molar refractivity (Wildman–Crippen MR) is 62.2 cm³/mol. The van der Waals surface area contributed by atoms with Crippen molar-refractivity contribution in [2.45, 2.75) is 45.8 Å². The second kappa shape index (κ2) is 4.53. The first-order valence-electron chi connectivity index (χ1n) is 6.33. The van der Waals surface area contributed by atoms with Crippen molar-refractivity contribution < 1.29 is 14.4 Å². The van der Waals surface area contributed by atoms with E-state index in [0.29, 0.717) is 19.6 Å². The summed E-state index contributed by atoms with van der Waals surface area (Å²) >= 11 is 0. The summed E-state index contributed by atoms with van der Waals surface area (Å²) in [6.07, 6.45) is 3.47. The monoisotopic (exact) mass is 243 g/mol. The first-order valence-corrected chi connectivity index (χ1v) is 6.33. The molecule has 2 fully saturated rings. The molecule has 1 atom stereocenters. The van der Waals surface area contributed by atoms with Crippen LogP contribution in [-0.4, -0.2) is 31.0 Å². The van der Waals surface area contributed by atoms with Crippen LogP contribution < -0.4 is 0 Å². The van der Waals surface area contributed by atoms with Gasteiger partial charge in [-0.15, -0.1) is 0 Å². The Balaban J connectivity index is 2.18. The Morgan fingerprint density at radius 2 is 1.94 bits per heavy atom. The van der Waals surface area contributed by atoms with Gasteiger partial charge in [-0.2, -0.15) is 0 Å². The van der Waals surface area contributed by atoms with Crippen molar-refractivity contribution in [1.82, 2.24) is 0 Å². The van der Waals surface area contributed by atoms with E-state index in [9.17, 15) is 10.1 Å². The molecule has 1 aliphatic heterocycles. The van der Waals surface area contributed by atoms with Crippen LogP contribution in [0.15, 0.2) is 0 Å². The summed E-state index contributed by atoms with van der Waals surface area (Å²) in [7, 11) is 0. The Labute approximate surface area is 102 Å². The van der Waals surface area contributed by atoms with Crippen LogP contribution in [0.2, 0.25) is 0 Å². The lowest BCUT2D eigenvalue weighted by Gasteiger charge is -2.43. The molecule has 1 saturated carbocycles. The number of hydrogen-bond acceptors (Lipinski definition) is 4. The van der Waals surface area contributed by atoms with E-state index in [0.717, 1.165) is 19.3 Å². The Morgan fingerprint density at radius 1 is 1.29 bits per heavy atom. The molecule has 1 unspecified atom stereocenters. The molecule has 1 aliphatic carbocycles. The minimum Gasteiger partial charge on any atom is -0.350 e. The summed E-state index contributed by atoms with van der Waals surface area (Å²) < 4.78 is 11.3. The maximum atomic E-state index is 10.6. The van der Waals surface area contributed by atoms with Crippen LogP contribution in [0, 0.1) is 20.9 Å². The first kappa shape index (κ1) is 12.8. The minimum atomic E-state index is -0.250. The quantitative estimate of drug-likeness (QED) is 0.561. The third-order valence-electron chi connectivity index (χ3n) is 4.59. The molecule has 0 aromatic carbocycles. The predicted octanol–water partition coefficient (Wildman–Crippen LogP) is 2.22. The third kappa shape index (κ3) is 2.18. The summed E-state index contributed by atoms with van der Waals surface area (Å²) in [5.41, 5.74) is -0.130. The number of ether oxygens (including phenoxy) is 2. The fraction of sp³-hybridized carbons (Fsp3) is 1.00. The average Bonchev–Trinajstić information content (AvgIpc) is 2.83. The number of nitro groups is 1. The molecule has 0 aromatic rings. The molecule has 2 rings (SSSR count). The van der Waals surface area contributed by atoms with Gasteiger partial charge in [-0.25, -0.2) is 0 Å². The lowest BCUT2D eigenvalue weighted by atomic mass is 9.65. The smallest absolute Gasteiger partial charge is 0.204 e. The third-order valence-corrected chi connectivity index (χ3v) is 4.59. The van der Waals surface area contributed by atoms with Crippen LogP contribution in [-0.2, 0) is 9.47 Å². The standard InChI is InChI=1S/C12H21NO4/c1-11(2)4-3-5-12(11,6-7-13(14)15)10-16-8-9-17-10/h10H,3-9H2,1-2H3. The molecule has 1 saturated heterocycles. The van der Waals surface area contributed by atoms with Crippen molar-refractivity contribution in [3.63, 3.8) is 0 Å². The number of nitrogens with zero attached hydrogens (tertiary/aromatic N) is 1. The Morgan fingerprint density at radius 3 is 2.41 bits per heavy atom. The van der Waals surface area contributed by atoms with Crippen LogP contribution in [0.5, 0.6) is 0 Å². The lowest BCUT2D eigenvalue weighted by Crippen LogP contribution is -2.45. The van der Waals surface area contributed by atoms with Gasteiger partial charge in [0.1, 0.15) is 0 Å². The zero-order valence-electron chi connectivity index (χ0n) is 10.6. The van der Waals surface area contributed by atoms with Gasteiger partial charge in [-0.3, -0.25) is 10.1 Å². The Kier molecular flexibility index (Phi) is 3.41. The van der Waals surface area contributed by atoms with Crippen molar-refractivity contribution in [1.29, 1.82) is 0 Å². The number of hydrogen-bond donors (Lipinski definition) is 0. The Hall–Kier alpha value is -0.680. The summed E-state index contributed by atoms with van der Waals surface area (Å²) in [5, 5.41) is 10.6. The molecule has 5 heteroatoms. The van der Waals surface area contributed by atoms with Crippen LogP contribution in [0.4, 0.5) is 0 Å². The van der Waals surface area contributed by atoms with Gasteiger partial charge in [0.2, 0.25) is 6.54 Å². The van der Waals surface area contributed by atoms with E-state index in [2.05, 4.69) is 13.8 Å². The molecule has 0 spiro atoms. The fourth-order valence-electron chi connectivity index (χ4n) is 3.42. The average molecular weight is 243 g/mol. The van der Waals surface area contributed by atoms with Crippen LogP contribution >= 0.6 is 0 Å². The second-order valence-corrected chi connectivity index (χ2v) is 5.77. The van der Waals surface area contributed by atoms with Gasteiger partial charge in [0.05, 0.1) is 13.2 Å². The van der Waals surface area contributed by atoms with Crippen LogP contribution in [0.3, 0.4) is 0 Å². The first-order chi connectivity index (χ1) is 7.98. The molecular formula is C12H21NO4. The highest BCUT2D eigenvalue weighted by Crippen LogP contribution is 2.58. The molecule has 0 N–H and O–H groups in total. The molecule has 17 heavy (non-hydrogen) atoms. The highest BCUT2D eigenvalue weighted by Gasteiger charge is 2.56. The highest BCUT2D eigenvalue weighted by atomic mass is 16.7. The van der Waals surface area contributed by atoms with E-state index in [1.165, 1.54) is 0 Å². The topological polar surface area (TPSA) is 61.6 Å². The molecule has 0 bridgehead atoms. The Bertz CT molecular complexity index is 299. The van der Waals surface area contributed by atoms with Gasteiger partial charge in [0.25, 0.3) is 0 Å². The molecule has 1 heterocycles. The summed E-state index contributed by atoms with van der Waals surface area (Å²) in [4.78, 5) is 10.4. The van der Waals surface area contributed by atoms with E-state index in [1.54, 1.807) is 0 Å². The lowest BCUT2D eigenvalue weighted by molar-refractivity contribution is -0.485. The van der Waals surface area contributed by atoms with Crippen molar-refractivity contribution >= 4 is 0 Å². The van der Waals surface area contributed by atoms with Crippen molar-refractivity contribution in [2.24, 2.45) is 10.8 Å². The van der Waals surface area contributed by atoms with Crippen molar-refractivity contribution in [2.75, 3.05) is 19.8 Å². The van der Waals surface area contributed by atoms with E-state index >= 15 is 0 Å². The highest BCUT2D eigenvalue weighted by molar-refractivity contribution is 5.00. The van der Waals surface area contributed by atoms with Gasteiger partial charge in [0, 0.05) is 16.8 Å². The van der Waals surface area contributed by atoms with Crippen molar-refractivity contribution in [3.05, 3.63) is 10.1 Å². The van der Waals surface area contributed by atoms with Gasteiger partial charge in [-0.05, 0) is 18.3 Å². The van der Waals surface area contributed by atoms with E-state index < -0.39 is 0 Å². The molecule has 0 radical (unpaired) electrons. The summed E-state index contributed by atoms with van der Waals surface area (Å²) in [6, 6.07) is 0. The molecular weight excluding hydrogens is 222 g/mol. The van der Waals surface area contributed by atoms with E-state index in [4.69, 9.17) is 9.47 Å². The normalized spacial score (nSPS) is 33.1. The molecule has 0 amide bonds. The van der Waals surface area contributed by atoms with Gasteiger partial charge in [0.15, 0.2) is 6.29 Å². The molecule has 0 aromatic heterocycles. The summed E-state index contributed by atoms with van der Waals surface area (Å²) in [6.45, 7) is 5.60. The van der Waals surface area contributed by atoms with E-state index in [-0.39, 0.29) is 28.6 Å². The maximum absolute atomic E-state index is 10.6. The summed E-state index contributed by atoms with van der Waals surface area (Å²) in [5.74, 6) is 0. The fourth-order valence-corrected chi connectivity index (χ4v) is 3.42. The minimum absolute atomic E-state index is 0.00660. The molecule has 5 nitrogen and oxygen atoms in total. The molecule has 98 valence electrons. The second-order valence-electron chi connectivity index (χ2n) is 5.77. The SMILES string of the molecule is CC1(C)CCCC1(CC[N+](=O)[O-])C1OCCO1. The van der Waals surface area contributed by atoms with Gasteiger partial charge < -0.3 is 9.47 Å². The zero-order valence-corrected chi connectivity index (χ0v) is 10.6. The van der Waals surface area contributed by atoms with Crippen molar-refractivity contribution in [3.8, 4) is 0 Å². The van der Waals surface area contributed by atoms with Gasteiger partial charge >= 0.3 is 0 Å².